The Kier molecular flexibility index (Phi) is 11.9. The molecule has 2 rings (SSSR count). The summed E-state index contributed by atoms with van der Waals surface area (Å²) in [7, 11) is 0. The summed E-state index contributed by atoms with van der Waals surface area (Å²) in [4.78, 5) is 7.19. The van der Waals surface area contributed by atoms with Crippen LogP contribution >= 0.6 is 24.0 Å². The molecule has 0 aromatic heterocycles. The number of halogens is 1. The average molecular weight is 474 g/mol. The summed E-state index contributed by atoms with van der Waals surface area (Å²) in [5.74, 6) is 1.03. The van der Waals surface area contributed by atoms with Gasteiger partial charge < -0.3 is 15.7 Å². The van der Waals surface area contributed by atoms with Crippen LogP contribution in [0.4, 0.5) is 0 Å². The van der Waals surface area contributed by atoms with Crippen LogP contribution in [0.2, 0.25) is 0 Å². The summed E-state index contributed by atoms with van der Waals surface area (Å²) >= 11 is 0. The Bertz CT molecular complexity index is 515. The van der Waals surface area contributed by atoms with Crippen molar-refractivity contribution in [2.24, 2.45) is 10.9 Å². The third kappa shape index (κ3) is 8.68. The minimum Gasteiger partial charge on any atom is -0.396 e. The van der Waals surface area contributed by atoms with E-state index in [9.17, 15) is 0 Å². The number of hydrogen-bond donors (Lipinski definition) is 3. The predicted molar refractivity (Wildman–Crippen MR) is 120 cm³/mol. The highest BCUT2D eigenvalue weighted by molar-refractivity contribution is 14.0. The van der Waals surface area contributed by atoms with Gasteiger partial charge in [0.2, 0.25) is 0 Å². The van der Waals surface area contributed by atoms with Gasteiger partial charge in [0.25, 0.3) is 0 Å². The number of aliphatic hydroxyl groups excluding tert-OH is 1. The Labute approximate surface area is 175 Å². The van der Waals surface area contributed by atoms with Crippen molar-refractivity contribution < 1.29 is 5.11 Å². The SMILES string of the molecule is CCNC(=NCc1ccc(CN2CCCCC2)cc1)NCC(C)CO.I. The average Bonchev–Trinajstić information content (AvgIpc) is 2.65. The second-order valence-electron chi connectivity index (χ2n) is 7.02. The lowest BCUT2D eigenvalue weighted by Crippen LogP contribution is -2.39. The number of piperidine rings is 1. The molecule has 1 heterocycles. The predicted octanol–water partition coefficient (Wildman–Crippen LogP) is 2.97. The summed E-state index contributed by atoms with van der Waals surface area (Å²) in [6, 6.07) is 8.83. The Hall–Kier alpha value is -0.860. The van der Waals surface area contributed by atoms with E-state index in [2.05, 4.69) is 51.7 Å². The monoisotopic (exact) mass is 474 g/mol. The Morgan fingerprint density at radius 2 is 1.77 bits per heavy atom. The van der Waals surface area contributed by atoms with Gasteiger partial charge in [-0.3, -0.25) is 4.90 Å². The molecular formula is C20H35IN4O. The van der Waals surface area contributed by atoms with Gasteiger partial charge in [-0.15, -0.1) is 24.0 Å². The summed E-state index contributed by atoms with van der Waals surface area (Å²) in [6.45, 7) is 9.99. The maximum Gasteiger partial charge on any atom is 0.191 e. The first-order valence-corrected chi connectivity index (χ1v) is 9.64. The summed E-state index contributed by atoms with van der Waals surface area (Å²) in [5, 5.41) is 15.7. The van der Waals surface area contributed by atoms with E-state index in [1.807, 2.05) is 6.92 Å². The first kappa shape index (κ1) is 23.2. The van der Waals surface area contributed by atoms with E-state index in [1.54, 1.807) is 0 Å². The number of guanidine groups is 1. The molecule has 1 atom stereocenters. The lowest BCUT2D eigenvalue weighted by molar-refractivity contribution is 0.221. The van der Waals surface area contributed by atoms with Gasteiger partial charge in [0, 0.05) is 26.2 Å². The molecule has 0 amide bonds. The molecule has 1 aromatic rings. The summed E-state index contributed by atoms with van der Waals surface area (Å²) in [6.07, 6.45) is 4.05. The molecule has 0 radical (unpaired) electrons. The molecule has 1 aromatic carbocycles. The van der Waals surface area contributed by atoms with Gasteiger partial charge in [-0.05, 0) is 49.9 Å². The van der Waals surface area contributed by atoms with E-state index >= 15 is 0 Å². The molecule has 3 N–H and O–H groups in total. The highest BCUT2D eigenvalue weighted by atomic mass is 127. The molecule has 0 bridgehead atoms. The van der Waals surface area contributed by atoms with Crippen LogP contribution in [0, 0.1) is 5.92 Å². The Morgan fingerprint density at radius 3 is 2.38 bits per heavy atom. The molecular weight excluding hydrogens is 439 g/mol. The second kappa shape index (κ2) is 13.3. The van der Waals surface area contributed by atoms with Gasteiger partial charge >= 0.3 is 0 Å². The topological polar surface area (TPSA) is 59.9 Å². The number of benzene rings is 1. The van der Waals surface area contributed by atoms with E-state index in [-0.39, 0.29) is 36.5 Å². The van der Waals surface area contributed by atoms with Crippen molar-refractivity contribution in [3.8, 4) is 0 Å². The van der Waals surface area contributed by atoms with Crippen LogP contribution in [-0.2, 0) is 13.1 Å². The lowest BCUT2D eigenvalue weighted by Gasteiger charge is -2.26. The molecule has 148 valence electrons. The van der Waals surface area contributed by atoms with Crippen molar-refractivity contribution in [1.29, 1.82) is 0 Å². The number of hydrogen-bond acceptors (Lipinski definition) is 3. The molecule has 1 unspecified atom stereocenters. The van der Waals surface area contributed by atoms with Crippen molar-refractivity contribution in [2.45, 2.75) is 46.2 Å². The Morgan fingerprint density at radius 1 is 1.12 bits per heavy atom. The number of aliphatic imine (C=N–C) groups is 1. The molecule has 5 nitrogen and oxygen atoms in total. The van der Waals surface area contributed by atoms with Gasteiger partial charge in [-0.1, -0.05) is 37.6 Å². The summed E-state index contributed by atoms with van der Waals surface area (Å²) in [5.41, 5.74) is 2.60. The van der Waals surface area contributed by atoms with E-state index in [1.165, 1.54) is 43.5 Å². The minimum atomic E-state index is 0. The molecule has 1 saturated heterocycles. The van der Waals surface area contributed by atoms with Crippen LogP contribution < -0.4 is 10.6 Å². The molecule has 1 fully saturated rings. The van der Waals surface area contributed by atoms with Crippen LogP contribution in [0.1, 0.15) is 44.2 Å². The molecule has 6 heteroatoms. The molecule has 0 aliphatic carbocycles. The van der Waals surface area contributed by atoms with Crippen LogP contribution in [-0.4, -0.2) is 48.8 Å². The number of nitrogens with zero attached hydrogens (tertiary/aromatic N) is 2. The van der Waals surface area contributed by atoms with E-state index in [4.69, 9.17) is 5.11 Å². The number of likely N-dealkylation sites (tertiary alicyclic amines) is 1. The third-order valence-corrected chi connectivity index (χ3v) is 4.57. The smallest absolute Gasteiger partial charge is 0.191 e. The van der Waals surface area contributed by atoms with E-state index in [0.29, 0.717) is 6.54 Å². The minimum absolute atomic E-state index is 0. The number of nitrogens with one attached hydrogen (secondary N) is 2. The maximum absolute atomic E-state index is 9.13. The van der Waals surface area contributed by atoms with Gasteiger partial charge in [-0.2, -0.15) is 0 Å². The zero-order valence-corrected chi connectivity index (χ0v) is 18.5. The van der Waals surface area contributed by atoms with Crippen molar-refractivity contribution in [3.05, 3.63) is 35.4 Å². The fraction of sp³-hybridized carbons (Fsp3) is 0.650. The zero-order chi connectivity index (χ0) is 17.9. The third-order valence-electron chi connectivity index (χ3n) is 4.57. The van der Waals surface area contributed by atoms with Gasteiger partial charge in [0.15, 0.2) is 5.96 Å². The summed E-state index contributed by atoms with van der Waals surface area (Å²) < 4.78 is 0. The van der Waals surface area contributed by atoms with Crippen LogP contribution in [0.3, 0.4) is 0 Å². The largest absolute Gasteiger partial charge is 0.396 e. The lowest BCUT2D eigenvalue weighted by atomic mass is 10.1. The van der Waals surface area contributed by atoms with Crippen molar-refractivity contribution in [3.63, 3.8) is 0 Å². The van der Waals surface area contributed by atoms with Crippen LogP contribution in [0.5, 0.6) is 0 Å². The number of rotatable bonds is 8. The van der Waals surface area contributed by atoms with Gasteiger partial charge in [0.1, 0.15) is 0 Å². The molecule has 1 aliphatic heterocycles. The highest BCUT2D eigenvalue weighted by Gasteiger charge is 2.10. The van der Waals surface area contributed by atoms with Crippen LogP contribution in [0.15, 0.2) is 29.3 Å². The van der Waals surface area contributed by atoms with Crippen LogP contribution in [0.25, 0.3) is 0 Å². The van der Waals surface area contributed by atoms with Crippen molar-refractivity contribution in [2.75, 3.05) is 32.8 Å². The van der Waals surface area contributed by atoms with Crippen molar-refractivity contribution in [1.82, 2.24) is 15.5 Å². The molecule has 0 spiro atoms. The molecule has 26 heavy (non-hydrogen) atoms. The van der Waals surface area contributed by atoms with Gasteiger partial charge in [0.05, 0.1) is 6.54 Å². The fourth-order valence-corrected chi connectivity index (χ4v) is 2.97. The van der Waals surface area contributed by atoms with E-state index in [0.717, 1.165) is 25.6 Å². The Balaban J connectivity index is 0.00000338. The molecule has 0 saturated carbocycles. The normalized spacial score (nSPS) is 16.7. The first-order chi connectivity index (χ1) is 12.2. The molecule has 1 aliphatic rings. The standard InChI is InChI=1S/C20H34N4O.HI/c1-3-21-20(22-13-17(2)16-25)23-14-18-7-9-19(10-8-18)15-24-11-5-4-6-12-24;/h7-10,17,25H,3-6,11-16H2,1-2H3,(H2,21,22,23);1H. The van der Waals surface area contributed by atoms with Gasteiger partial charge in [-0.25, -0.2) is 4.99 Å². The fourth-order valence-electron chi connectivity index (χ4n) is 2.97. The quantitative estimate of drug-likeness (QED) is 0.308. The number of aliphatic hydroxyl groups is 1. The highest BCUT2D eigenvalue weighted by Crippen LogP contribution is 2.14. The first-order valence-electron chi connectivity index (χ1n) is 9.64. The van der Waals surface area contributed by atoms with Crippen molar-refractivity contribution >= 4 is 29.9 Å². The second-order valence-corrected chi connectivity index (χ2v) is 7.02. The zero-order valence-electron chi connectivity index (χ0n) is 16.2. The maximum atomic E-state index is 9.13. The van der Waals surface area contributed by atoms with E-state index < -0.39 is 0 Å².